The first-order chi connectivity index (χ1) is 9.69. The first kappa shape index (κ1) is 14.9. The van der Waals surface area contributed by atoms with E-state index in [9.17, 15) is 4.79 Å². The van der Waals surface area contributed by atoms with Crippen molar-refractivity contribution in [3.8, 4) is 5.75 Å². The second-order valence-corrected chi connectivity index (χ2v) is 5.60. The molecule has 2 rings (SSSR count). The lowest BCUT2D eigenvalue weighted by molar-refractivity contribution is 0.0943. The van der Waals surface area contributed by atoms with E-state index in [1.54, 1.807) is 6.07 Å². The van der Waals surface area contributed by atoms with E-state index >= 15 is 0 Å². The van der Waals surface area contributed by atoms with Crippen molar-refractivity contribution in [2.45, 2.75) is 32.6 Å². The highest BCUT2D eigenvalue weighted by Crippen LogP contribution is 2.47. The molecule has 3 N–H and O–H groups in total. The summed E-state index contributed by atoms with van der Waals surface area (Å²) in [5, 5.41) is 3.02. The predicted molar refractivity (Wildman–Crippen MR) is 79.9 cm³/mol. The number of nitrogens with two attached hydrogens (primary N) is 1. The van der Waals surface area contributed by atoms with Gasteiger partial charge in [0.05, 0.1) is 6.61 Å². The molecule has 0 radical (unpaired) electrons. The summed E-state index contributed by atoms with van der Waals surface area (Å²) in [4.78, 5) is 12.2. The fraction of sp³-hybridized carbons (Fsp3) is 0.562. The summed E-state index contributed by atoms with van der Waals surface area (Å²) >= 11 is 0. The van der Waals surface area contributed by atoms with Crippen molar-refractivity contribution in [2.75, 3.05) is 19.7 Å². The summed E-state index contributed by atoms with van der Waals surface area (Å²) in [6.45, 7) is 4.15. The van der Waals surface area contributed by atoms with Crippen molar-refractivity contribution in [1.29, 1.82) is 0 Å². The number of ether oxygens (including phenoxy) is 1. The molecule has 0 bridgehead atoms. The highest BCUT2D eigenvalue weighted by atomic mass is 16.5. The monoisotopic (exact) mass is 276 g/mol. The maximum atomic E-state index is 12.2. The van der Waals surface area contributed by atoms with E-state index in [0.29, 0.717) is 18.7 Å². The molecule has 1 aliphatic carbocycles. The molecule has 0 atom stereocenters. The van der Waals surface area contributed by atoms with Crippen LogP contribution in [-0.2, 0) is 0 Å². The summed E-state index contributed by atoms with van der Waals surface area (Å²) in [5.74, 6) is 0.720. The van der Waals surface area contributed by atoms with Gasteiger partial charge in [-0.1, -0.05) is 13.0 Å². The molecule has 0 saturated heterocycles. The fourth-order valence-electron chi connectivity index (χ4n) is 2.32. The topological polar surface area (TPSA) is 64.3 Å². The lowest BCUT2D eigenvalue weighted by atomic mass is 10.0. The Bertz CT molecular complexity index is 456. The molecule has 1 amide bonds. The average Bonchev–Trinajstić information content (AvgIpc) is 3.23. The third-order valence-electron chi connectivity index (χ3n) is 3.82. The van der Waals surface area contributed by atoms with E-state index in [-0.39, 0.29) is 11.3 Å². The molecule has 0 aromatic heterocycles. The lowest BCUT2D eigenvalue weighted by Crippen LogP contribution is -2.31. The summed E-state index contributed by atoms with van der Waals surface area (Å²) in [7, 11) is 0. The van der Waals surface area contributed by atoms with Gasteiger partial charge in [-0.3, -0.25) is 4.79 Å². The Morgan fingerprint density at radius 2 is 2.25 bits per heavy atom. The molecule has 0 spiro atoms. The fourth-order valence-corrected chi connectivity index (χ4v) is 2.32. The zero-order chi connectivity index (χ0) is 14.4. The number of benzene rings is 1. The Morgan fingerprint density at radius 1 is 1.45 bits per heavy atom. The van der Waals surface area contributed by atoms with Gasteiger partial charge in [-0.25, -0.2) is 0 Å². The van der Waals surface area contributed by atoms with Gasteiger partial charge in [-0.15, -0.1) is 0 Å². The van der Waals surface area contributed by atoms with Gasteiger partial charge >= 0.3 is 0 Å². The molecule has 110 valence electrons. The van der Waals surface area contributed by atoms with Gasteiger partial charge < -0.3 is 15.8 Å². The maximum Gasteiger partial charge on any atom is 0.251 e. The van der Waals surface area contributed by atoms with Crippen molar-refractivity contribution >= 4 is 5.91 Å². The standard InChI is InChI=1S/C16H24N2O2/c1-2-10-20-14-5-3-4-13(11-14)15(19)18-12-16(6-7-16)8-9-17/h3-5,11H,2,6-10,12,17H2,1H3,(H,18,19). The van der Waals surface area contributed by atoms with Crippen molar-refractivity contribution in [3.05, 3.63) is 29.8 Å². The van der Waals surface area contributed by atoms with Gasteiger partial charge in [0.2, 0.25) is 0 Å². The highest BCUT2D eigenvalue weighted by Gasteiger charge is 2.41. The molecule has 1 aromatic rings. The average molecular weight is 276 g/mol. The summed E-state index contributed by atoms with van der Waals surface area (Å²) in [5.41, 5.74) is 6.53. The van der Waals surface area contributed by atoms with Gasteiger partial charge in [-0.2, -0.15) is 0 Å². The van der Waals surface area contributed by atoms with Gasteiger partial charge in [0.1, 0.15) is 5.75 Å². The Kier molecular flexibility index (Phi) is 5.01. The van der Waals surface area contributed by atoms with Crippen molar-refractivity contribution in [3.63, 3.8) is 0 Å². The first-order valence-corrected chi connectivity index (χ1v) is 7.40. The van der Waals surface area contributed by atoms with Crippen LogP contribution in [0.15, 0.2) is 24.3 Å². The molecule has 4 heteroatoms. The van der Waals surface area contributed by atoms with E-state index < -0.39 is 0 Å². The molecule has 0 unspecified atom stereocenters. The Hall–Kier alpha value is -1.55. The minimum atomic E-state index is -0.0322. The molecule has 1 aliphatic rings. The Morgan fingerprint density at radius 3 is 2.90 bits per heavy atom. The van der Waals surface area contributed by atoms with Gasteiger partial charge in [0.15, 0.2) is 0 Å². The number of amides is 1. The molecule has 1 aromatic carbocycles. The summed E-state index contributed by atoms with van der Waals surface area (Å²) < 4.78 is 5.55. The predicted octanol–water partition coefficient (Wildman–Crippen LogP) is 2.33. The summed E-state index contributed by atoms with van der Waals surface area (Å²) in [6.07, 6.45) is 4.29. The van der Waals surface area contributed by atoms with Crippen LogP contribution in [0, 0.1) is 5.41 Å². The van der Waals surface area contributed by atoms with E-state index in [0.717, 1.165) is 25.1 Å². The van der Waals surface area contributed by atoms with Crippen LogP contribution in [0.4, 0.5) is 0 Å². The Labute approximate surface area is 120 Å². The third-order valence-corrected chi connectivity index (χ3v) is 3.82. The molecule has 1 fully saturated rings. The Balaban J connectivity index is 1.88. The highest BCUT2D eigenvalue weighted by molar-refractivity contribution is 5.94. The zero-order valence-electron chi connectivity index (χ0n) is 12.2. The van der Waals surface area contributed by atoms with Crippen LogP contribution in [0.1, 0.15) is 43.0 Å². The van der Waals surface area contributed by atoms with Crippen molar-refractivity contribution in [2.24, 2.45) is 11.1 Å². The molecule has 0 aliphatic heterocycles. The molecular weight excluding hydrogens is 252 g/mol. The number of carbonyl (C=O) groups excluding carboxylic acids is 1. The smallest absolute Gasteiger partial charge is 0.251 e. The van der Waals surface area contributed by atoms with E-state index in [2.05, 4.69) is 12.2 Å². The van der Waals surface area contributed by atoms with Crippen LogP contribution < -0.4 is 15.8 Å². The number of hydrogen-bond donors (Lipinski definition) is 2. The molecular formula is C16H24N2O2. The quantitative estimate of drug-likeness (QED) is 0.766. The number of nitrogens with one attached hydrogen (secondary N) is 1. The largest absolute Gasteiger partial charge is 0.494 e. The molecule has 1 saturated carbocycles. The van der Waals surface area contributed by atoms with E-state index in [1.807, 2.05) is 18.2 Å². The number of hydrogen-bond acceptors (Lipinski definition) is 3. The molecule has 20 heavy (non-hydrogen) atoms. The maximum absolute atomic E-state index is 12.2. The van der Waals surface area contributed by atoms with Crippen LogP contribution >= 0.6 is 0 Å². The number of rotatable bonds is 8. The van der Waals surface area contributed by atoms with Crippen LogP contribution in [0.25, 0.3) is 0 Å². The second kappa shape index (κ2) is 6.75. The zero-order valence-corrected chi connectivity index (χ0v) is 12.2. The normalized spacial score (nSPS) is 15.7. The van der Waals surface area contributed by atoms with Gasteiger partial charge in [0, 0.05) is 12.1 Å². The first-order valence-electron chi connectivity index (χ1n) is 7.40. The van der Waals surface area contributed by atoms with Crippen LogP contribution in [0.3, 0.4) is 0 Å². The number of carbonyl (C=O) groups is 1. The third kappa shape index (κ3) is 3.97. The molecule has 4 nitrogen and oxygen atoms in total. The minimum absolute atomic E-state index is 0.0322. The molecule has 0 heterocycles. The van der Waals surface area contributed by atoms with Crippen LogP contribution in [-0.4, -0.2) is 25.6 Å². The van der Waals surface area contributed by atoms with Crippen LogP contribution in [0.2, 0.25) is 0 Å². The van der Waals surface area contributed by atoms with Crippen LogP contribution in [0.5, 0.6) is 5.75 Å². The van der Waals surface area contributed by atoms with E-state index in [1.165, 1.54) is 12.8 Å². The van der Waals surface area contributed by atoms with Gasteiger partial charge in [-0.05, 0) is 55.8 Å². The minimum Gasteiger partial charge on any atom is -0.494 e. The van der Waals surface area contributed by atoms with Crippen molar-refractivity contribution < 1.29 is 9.53 Å². The second-order valence-electron chi connectivity index (χ2n) is 5.60. The lowest BCUT2D eigenvalue weighted by Gasteiger charge is -2.15. The SMILES string of the molecule is CCCOc1cccc(C(=O)NCC2(CCN)CC2)c1. The van der Waals surface area contributed by atoms with Gasteiger partial charge in [0.25, 0.3) is 5.91 Å². The summed E-state index contributed by atoms with van der Waals surface area (Å²) in [6, 6.07) is 7.35. The van der Waals surface area contributed by atoms with E-state index in [4.69, 9.17) is 10.5 Å². The van der Waals surface area contributed by atoms with Crippen molar-refractivity contribution in [1.82, 2.24) is 5.32 Å².